The van der Waals surface area contributed by atoms with E-state index in [1.54, 1.807) is 12.1 Å². The Bertz CT molecular complexity index is 663. The summed E-state index contributed by atoms with van der Waals surface area (Å²) in [6.07, 6.45) is 4.20. The molecular weight excluding hydrogens is 256 g/mol. The van der Waals surface area contributed by atoms with Crippen molar-refractivity contribution >= 4 is 5.78 Å². The van der Waals surface area contributed by atoms with Gasteiger partial charge in [0.15, 0.2) is 23.4 Å². The van der Waals surface area contributed by atoms with E-state index in [2.05, 4.69) is 0 Å². The van der Waals surface area contributed by atoms with Gasteiger partial charge in [-0.2, -0.15) is 0 Å². The first-order chi connectivity index (χ1) is 9.53. The van der Waals surface area contributed by atoms with Gasteiger partial charge in [0.05, 0.1) is 11.0 Å². The summed E-state index contributed by atoms with van der Waals surface area (Å²) in [5, 5.41) is 21.2. The number of carbonyl (C=O) groups is 1. The molecule has 2 N–H and O–H groups in total. The molecule has 1 heterocycles. The summed E-state index contributed by atoms with van der Waals surface area (Å²) >= 11 is 0. The molecule has 0 unspecified atom stereocenters. The molecule has 1 aromatic carbocycles. The summed E-state index contributed by atoms with van der Waals surface area (Å²) in [5.74, 6) is 0.285. The number of hydrogen-bond donors (Lipinski definition) is 2. The molecule has 0 bridgehead atoms. The summed E-state index contributed by atoms with van der Waals surface area (Å²) in [4.78, 5) is 12.2. The first-order valence-electron chi connectivity index (χ1n) is 7.01. The van der Waals surface area contributed by atoms with E-state index >= 15 is 0 Å². The normalized spacial score (nSPS) is 36.7. The molecule has 4 nitrogen and oxygen atoms in total. The topological polar surface area (TPSA) is 66.8 Å². The first kappa shape index (κ1) is 12.0. The summed E-state index contributed by atoms with van der Waals surface area (Å²) in [6, 6.07) is 3.48. The lowest BCUT2D eigenvalue weighted by molar-refractivity contribution is -0.132. The van der Waals surface area contributed by atoms with E-state index in [0.29, 0.717) is 18.6 Å². The molecule has 104 valence electrons. The van der Waals surface area contributed by atoms with Crippen molar-refractivity contribution < 1.29 is 19.7 Å². The molecule has 0 amide bonds. The molecule has 4 heteroatoms. The van der Waals surface area contributed by atoms with E-state index in [1.165, 1.54) is 6.08 Å². The third-order valence-corrected chi connectivity index (χ3v) is 5.24. The lowest BCUT2D eigenvalue weighted by atomic mass is 9.55. The van der Waals surface area contributed by atoms with E-state index in [9.17, 15) is 15.0 Å². The van der Waals surface area contributed by atoms with Crippen LogP contribution in [0.1, 0.15) is 30.9 Å². The van der Waals surface area contributed by atoms with Crippen LogP contribution >= 0.6 is 0 Å². The maximum absolute atomic E-state index is 12.2. The second kappa shape index (κ2) is 3.44. The molecule has 0 fully saturated rings. The van der Waals surface area contributed by atoms with Crippen LogP contribution in [0.3, 0.4) is 0 Å². The minimum atomic E-state index is -1.08. The van der Waals surface area contributed by atoms with Crippen molar-refractivity contribution in [2.45, 2.75) is 43.3 Å². The fourth-order valence-electron chi connectivity index (χ4n) is 4.28. The highest BCUT2D eigenvalue weighted by molar-refractivity contribution is 5.98. The van der Waals surface area contributed by atoms with Gasteiger partial charge in [-0.1, -0.05) is 13.0 Å². The number of aryl methyl sites for hydroxylation is 1. The number of aliphatic hydroxyl groups is 1. The van der Waals surface area contributed by atoms with Gasteiger partial charge in [-0.25, -0.2) is 0 Å². The van der Waals surface area contributed by atoms with Crippen LogP contribution in [0, 0.1) is 0 Å². The Balaban J connectivity index is 2.11. The fraction of sp³-hybridized carbons (Fsp3) is 0.438. The average molecular weight is 272 g/mol. The van der Waals surface area contributed by atoms with Crippen molar-refractivity contribution in [1.29, 1.82) is 0 Å². The summed E-state index contributed by atoms with van der Waals surface area (Å²) in [5.41, 5.74) is 0.0544. The monoisotopic (exact) mass is 272 g/mol. The van der Waals surface area contributed by atoms with E-state index in [1.807, 2.05) is 13.0 Å². The Kier molecular flexibility index (Phi) is 2.06. The van der Waals surface area contributed by atoms with Crippen molar-refractivity contribution in [3.8, 4) is 11.5 Å². The molecule has 0 radical (unpaired) electrons. The Morgan fingerprint density at radius 2 is 2.25 bits per heavy atom. The van der Waals surface area contributed by atoms with E-state index in [4.69, 9.17) is 4.74 Å². The first-order valence-corrected chi connectivity index (χ1v) is 7.01. The highest BCUT2D eigenvalue weighted by Crippen LogP contribution is 2.60. The van der Waals surface area contributed by atoms with Crippen LogP contribution in [-0.2, 0) is 16.6 Å². The van der Waals surface area contributed by atoms with Crippen LogP contribution in [0.4, 0.5) is 0 Å². The number of benzene rings is 1. The number of rotatable bonds is 1. The third kappa shape index (κ3) is 1.07. The Hall–Kier alpha value is -1.81. The number of carbonyl (C=O) groups excluding carboxylic acids is 1. The summed E-state index contributed by atoms with van der Waals surface area (Å²) < 4.78 is 5.79. The van der Waals surface area contributed by atoms with Crippen molar-refractivity contribution in [3.05, 3.63) is 35.4 Å². The summed E-state index contributed by atoms with van der Waals surface area (Å²) in [6.45, 7) is 1.96. The van der Waals surface area contributed by atoms with Gasteiger partial charge in [0, 0.05) is 5.56 Å². The van der Waals surface area contributed by atoms with Gasteiger partial charge in [0.25, 0.3) is 0 Å². The number of phenolic OH excluding ortho intramolecular Hbond substituents is 1. The van der Waals surface area contributed by atoms with E-state index in [0.717, 1.165) is 17.5 Å². The highest BCUT2D eigenvalue weighted by Gasteiger charge is 2.65. The fourth-order valence-corrected chi connectivity index (χ4v) is 4.28. The van der Waals surface area contributed by atoms with Crippen LogP contribution in [0.2, 0.25) is 0 Å². The van der Waals surface area contributed by atoms with Crippen LogP contribution in [0.15, 0.2) is 24.3 Å². The zero-order chi connectivity index (χ0) is 14.1. The largest absolute Gasteiger partial charge is 0.504 e. The second-order valence-corrected chi connectivity index (χ2v) is 5.93. The molecule has 3 aliphatic rings. The van der Waals surface area contributed by atoms with Gasteiger partial charge in [0.1, 0.15) is 0 Å². The molecule has 20 heavy (non-hydrogen) atoms. The van der Waals surface area contributed by atoms with Crippen molar-refractivity contribution in [2.75, 3.05) is 0 Å². The zero-order valence-electron chi connectivity index (χ0n) is 11.2. The van der Waals surface area contributed by atoms with E-state index in [-0.39, 0.29) is 11.5 Å². The molecule has 0 spiro atoms. The van der Waals surface area contributed by atoms with Crippen LogP contribution in [-0.4, -0.2) is 27.7 Å². The number of ether oxygens (including phenoxy) is 1. The second-order valence-electron chi connectivity index (χ2n) is 5.93. The van der Waals surface area contributed by atoms with Crippen molar-refractivity contribution in [1.82, 2.24) is 0 Å². The summed E-state index contributed by atoms with van der Waals surface area (Å²) in [7, 11) is 0. The van der Waals surface area contributed by atoms with Crippen LogP contribution in [0.25, 0.3) is 0 Å². The average Bonchev–Trinajstić information content (AvgIpc) is 2.82. The lowest BCUT2D eigenvalue weighted by Gasteiger charge is -2.50. The smallest absolute Gasteiger partial charge is 0.196 e. The Morgan fingerprint density at radius 1 is 1.45 bits per heavy atom. The standard InChI is InChI=1S/C16H16O4/c1-2-16-12-9-3-4-10(17)13(12)20-14(16)11(18)6-8-15(16,19)7-5-9/h3-4,6,8,14,17,19H,2,5,7H2,1H3/t14-,15-,16-/m0/s1. The van der Waals surface area contributed by atoms with Gasteiger partial charge in [-0.15, -0.1) is 0 Å². The predicted molar refractivity (Wildman–Crippen MR) is 71.9 cm³/mol. The van der Waals surface area contributed by atoms with Gasteiger partial charge in [-0.3, -0.25) is 4.79 Å². The molecule has 2 aliphatic carbocycles. The van der Waals surface area contributed by atoms with Crippen molar-refractivity contribution in [2.24, 2.45) is 0 Å². The number of aromatic hydroxyl groups is 1. The molecule has 1 aliphatic heterocycles. The van der Waals surface area contributed by atoms with Gasteiger partial charge in [-0.05, 0) is 43.0 Å². The van der Waals surface area contributed by atoms with Gasteiger partial charge >= 0.3 is 0 Å². The van der Waals surface area contributed by atoms with Crippen molar-refractivity contribution in [3.63, 3.8) is 0 Å². The van der Waals surface area contributed by atoms with E-state index < -0.39 is 17.1 Å². The van der Waals surface area contributed by atoms with Gasteiger partial charge in [0.2, 0.25) is 0 Å². The zero-order valence-corrected chi connectivity index (χ0v) is 11.2. The van der Waals surface area contributed by atoms with Gasteiger partial charge < -0.3 is 14.9 Å². The Labute approximate surface area is 116 Å². The quantitative estimate of drug-likeness (QED) is 0.815. The predicted octanol–water partition coefficient (Wildman–Crippen LogP) is 1.62. The molecule has 4 rings (SSSR count). The highest BCUT2D eigenvalue weighted by atomic mass is 16.5. The maximum Gasteiger partial charge on any atom is 0.196 e. The number of ketones is 1. The minimum Gasteiger partial charge on any atom is -0.504 e. The molecule has 0 saturated heterocycles. The Morgan fingerprint density at radius 3 is 3.00 bits per heavy atom. The van der Waals surface area contributed by atoms with Crippen LogP contribution in [0.5, 0.6) is 11.5 Å². The SMILES string of the molecule is CC[C@]12c3c4ccc(O)c3O[C@H]1C(=O)C=C[C@@]2(O)CC4. The molecule has 3 atom stereocenters. The minimum absolute atomic E-state index is 0.0445. The molecule has 0 saturated carbocycles. The molecular formula is C16H16O4. The lowest BCUT2D eigenvalue weighted by Crippen LogP contribution is -2.62. The third-order valence-electron chi connectivity index (χ3n) is 5.24. The maximum atomic E-state index is 12.2. The number of phenols is 1. The number of hydrogen-bond acceptors (Lipinski definition) is 4. The molecule has 0 aromatic heterocycles. The van der Waals surface area contributed by atoms with Crippen LogP contribution < -0.4 is 4.74 Å². The molecule has 1 aromatic rings.